The van der Waals surface area contributed by atoms with Gasteiger partial charge in [-0.3, -0.25) is 0 Å². The van der Waals surface area contributed by atoms with Crippen LogP contribution < -0.4 is 10.1 Å². The monoisotopic (exact) mass is 278 g/mol. The van der Waals surface area contributed by atoms with Crippen LogP contribution >= 0.6 is 11.3 Å². The molecule has 2 aromatic heterocycles. The van der Waals surface area contributed by atoms with Gasteiger partial charge in [-0.2, -0.15) is 11.3 Å². The molecule has 0 fully saturated rings. The topological polar surface area (TPSA) is 54.4 Å². The molecule has 2 N–H and O–H groups in total. The molecule has 1 unspecified atom stereocenters. The highest BCUT2D eigenvalue weighted by atomic mass is 32.1. The van der Waals surface area contributed by atoms with E-state index in [9.17, 15) is 5.11 Å². The summed E-state index contributed by atoms with van der Waals surface area (Å²) >= 11 is 1.57. The number of hydrogen-bond donors (Lipinski definition) is 2. The highest BCUT2D eigenvalue weighted by Crippen LogP contribution is 2.23. The van der Waals surface area contributed by atoms with Crippen molar-refractivity contribution in [2.24, 2.45) is 0 Å². The first kappa shape index (κ1) is 13.8. The zero-order chi connectivity index (χ0) is 13.7. The lowest BCUT2D eigenvalue weighted by Gasteiger charge is -2.16. The van der Waals surface area contributed by atoms with Crippen LogP contribution in [0.2, 0.25) is 0 Å². The van der Waals surface area contributed by atoms with E-state index < -0.39 is 6.10 Å². The van der Waals surface area contributed by atoms with Gasteiger partial charge in [-0.1, -0.05) is 0 Å². The Kier molecular flexibility index (Phi) is 4.76. The van der Waals surface area contributed by atoms with E-state index in [0.29, 0.717) is 18.1 Å². The summed E-state index contributed by atoms with van der Waals surface area (Å²) in [4.78, 5) is 4.24. The Morgan fingerprint density at radius 1 is 1.42 bits per heavy atom. The van der Waals surface area contributed by atoms with Crippen LogP contribution in [0.1, 0.15) is 25.5 Å². The third-order valence-corrected chi connectivity index (χ3v) is 3.23. The maximum absolute atomic E-state index is 10.0. The average Bonchev–Trinajstić information content (AvgIpc) is 2.90. The molecule has 4 nitrogen and oxygen atoms in total. The summed E-state index contributed by atoms with van der Waals surface area (Å²) in [5.41, 5.74) is 0.916. The molecule has 0 saturated carbocycles. The van der Waals surface area contributed by atoms with E-state index in [4.69, 9.17) is 4.74 Å². The Morgan fingerprint density at radius 3 is 2.95 bits per heavy atom. The molecule has 2 aromatic rings. The molecule has 5 heteroatoms. The van der Waals surface area contributed by atoms with Crippen molar-refractivity contribution in [3.8, 4) is 5.75 Å². The maximum Gasteiger partial charge on any atom is 0.168 e. The van der Waals surface area contributed by atoms with E-state index in [1.807, 2.05) is 42.8 Å². The molecule has 1 atom stereocenters. The molecule has 2 rings (SSSR count). The summed E-state index contributed by atoms with van der Waals surface area (Å²) in [5, 5.41) is 17.0. The number of aliphatic hydroxyl groups is 1. The van der Waals surface area contributed by atoms with Gasteiger partial charge in [-0.25, -0.2) is 4.98 Å². The van der Waals surface area contributed by atoms with Crippen molar-refractivity contribution in [2.45, 2.75) is 26.1 Å². The lowest BCUT2D eigenvalue weighted by molar-refractivity contribution is 0.191. The zero-order valence-corrected chi connectivity index (χ0v) is 11.9. The van der Waals surface area contributed by atoms with Gasteiger partial charge in [0, 0.05) is 12.7 Å². The fourth-order valence-corrected chi connectivity index (χ4v) is 2.36. The van der Waals surface area contributed by atoms with Gasteiger partial charge in [0.2, 0.25) is 0 Å². The third-order valence-electron chi connectivity index (χ3n) is 2.52. The Labute approximate surface area is 117 Å². The summed E-state index contributed by atoms with van der Waals surface area (Å²) in [6.07, 6.45) is 1.25. The molecule has 19 heavy (non-hydrogen) atoms. The number of ether oxygens (including phenoxy) is 1. The van der Waals surface area contributed by atoms with Crippen LogP contribution in [0.25, 0.3) is 0 Å². The number of thiophene rings is 1. The molecule has 0 bridgehead atoms. The van der Waals surface area contributed by atoms with Crippen LogP contribution in [-0.4, -0.2) is 22.7 Å². The minimum Gasteiger partial charge on any atom is -0.487 e. The minimum atomic E-state index is -0.542. The van der Waals surface area contributed by atoms with Crippen molar-refractivity contribution in [3.05, 3.63) is 40.7 Å². The van der Waals surface area contributed by atoms with Crippen molar-refractivity contribution < 1.29 is 9.84 Å². The van der Waals surface area contributed by atoms with Crippen molar-refractivity contribution in [3.63, 3.8) is 0 Å². The lowest BCUT2D eigenvalue weighted by atomic mass is 10.2. The highest BCUT2D eigenvalue weighted by molar-refractivity contribution is 7.07. The first-order valence-corrected chi connectivity index (χ1v) is 7.17. The molecular formula is C14H18N2O2S. The maximum atomic E-state index is 10.0. The van der Waals surface area contributed by atoms with Crippen molar-refractivity contribution in [2.75, 3.05) is 11.9 Å². The molecule has 0 aliphatic carbocycles. The van der Waals surface area contributed by atoms with Crippen molar-refractivity contribution >= 4 is 17.2 Å². The normalized spacial score (nSPS) is 12.4. The Balaban J connectivity index is 1.99. The fraction of sp³-hybridized carbons (Fsp3) is 0.357. The number of aromatic nitrogens is 1. The van der Waals surface area contributed by atoms with Gasteiger partial charge in [-0.05, 0) is 48.4 Å². The van der Waals surface area contributed by atoms with Crippen LogP contribution in [0.3, 0.4) is 0 Å². The van der Waals surface area contributed by atoms with E-state index in [1.54, 1.807) is 17.5 Å². The summed E-state index contributed by atoms with van der Waals surface area (Å²) < 4.78 is 5.66. The number of rotatable bonds is 6. The molecule has 2 heterocycles. The lowest BCUT2D eigenvalue weighted by Crippen LogP contribution is -2.14. The number of hydrogen-bond acceptors (Lipinski definition) is 5. The molecule has 0 aromatic carbocycles. The van der Waals surface area contributed by atoms with E-state index in [2.05, 4.69) is 10.3 Å². The van der Waals surface area contributed by atoms with Crippen LogP contribution in [0.15, 0.2) is 35.2 Å². The van der Waals surface area contributed by atoms with Gasteiger partial charge in [-0.15, -0.1) is 0 Å². The Morgan fingerprint density at radius 2 is 2.26 bits per heavy atom. The van der Waals surface area contributed by atoms with Crippen LogP contribution in [0, 0.1) is 0 Å². The molecule has 0 radical (unpaired) electrons. The Bertz CT molecular complexity index is 500. The van der Waals surface area contributed by atoms with Gasteiger partial charge < -0.3 is 15.2 Å². The SMILES string of the molecule is CC(C)Oc1cccnc1NCC(O)c1ccsc1. The third kappa shape index (κ3) is 3.94. The molecular weight excluding hydrogens is 260 g/mol. The zero-order valence-electron chi connectivity index (χ0n) is 11.0. The smallest absolute Gasteiger partial charge is 0.168 e. The average molecular weight is 278 g/mol. The van der Waals surface area contributed by atoms with Crippen LogP contribution in [0.4, 0.5) is 5.82 Å². The minimum absolute atomic E-state index is 0.0894. The fourth-order valence-electron chi connectivity index (χ4n) is 1.65. The second-order valence-corrected chi connectivity index (χ2v) is 5.25. The van der Waals surface area contributed by atoms with Crippen molar-refractivity contribution in [1.82, 2.24) is 4.98 Å². The number of anilines is 1. The second kappa shape index (κ2) is 6.54. The van der Waals surface area contributed by atoms with Gasteiger partial charge in [0.05, 0.1) is 12.2 Å². The molecule has 0 aliphatic heterocycles. The van der Waals surface area contributed by atoms with Crippen molar-refractivity contribution in [1.29, 1.82) is 0 Å². The number of nitrogens with one attached hydrogen (secondary N) is 1. The molecule has 0 amide bonds. The molecule has 0 aliphatic rings. The van der Waals surface area contributed by atoms with Gasteiger partial charge in [0.25, 0.3) is 0 Å². The quantitative estimate of drug-likeness (QED) is 0.852. The molecule has 102 valence electrons. The summed E-state index contributed by atoms with van der Waals surface area (Å²) in [5.74, 6) is 1.36. The summed E-state index contributed by atoms with van der Waals surface area (Å²) in [7, 11) is 0. The first-order chi connectivity index (χ1) is 9.16. The van der Waals surface area contributed by atoms with E-state index >= 15 is 0 Å². The summed E-state index contributed by atoms with van der Waals surface area (Å²) in [6, 6.07) is 5.62. The van der Waals surface area contributed by atoms with E-state index in [1.165, 1.54) is 0 Å². The van der Waals surface area contributed by atoms with Crippen LogP contribution in [-0.2, 0) is 0 Å². The largest absolute Gasteiger partial charge is 0.487 e. The molecule has 0 saturated heterocycles. The highest BCUT2D eigenvalue weighted by Gasteiger charge is 2.10. The number of aliphatic hydroxyl groups excluding tert-OH is 1. The Hall–Kier alpha value is -1.59. The summed E-state index contributed by atoms with van der Waals surface area (Å²) in [6.45, 7) is 4.34. The second-order valence-electron chi connectivity index (χ2n) is 4.47. The van der Waals surface area contributed by atoms with E-state index in [-0.39, 0.29) is 6.10 Å². The predicted molar refractivity (Wildman–Crippen MR) is 77.8 cm³/mol. The van der Waals surface area contributed by atoms with Gasteiger partial charge in [0.1, 0.15) is 0 Å². The van der Waals surface area contributed by atoms with Gasteiger partial charge in [0.15, 0.2) is 11.6 Å². The standard InChI is InChI=1S/C14H18N2O2S/c1-10(2)18-13-4-3-6-15-14(13)16-8-12(17)11-5-7-19-9-11/h3-7,9-10,12,17H,8H2,1-2H3,(H,15,16). The number of nitrogens with zero attached hydrogens (tertiary/aromatic N) is 1. The first-order valence-electron chi connectivity index (χ1n) is 6.22. The van der Waals surface area contributed by atoms with Crippen LogP contribution in [0.5, 0.6) is 5.75 Å². The predicted octanol–water partition coefficient (Wildman–Crippen LogP) is 3.08. The van der Waals surface area contributed by atoms with E-state index in [0.717, 1.165) is 5.56 Å². The molecule has 0 spiro atoms. The van der Waals surface area contributed by atoms with Gasteiger partial charge >= 0.3 is 0 Å². The number of pyridine rings is 1.